The third-order valence-electron chi connectivity index (χ3n) is 4.59. The van der Waals surface area contributed by atoms with Gasteiger partial charge in [0, 0.05) is 12.1 Å². The zero-order chi connectivity index (χ0) is 15.6. The molecule has 2 heterocycles. The number of rotatable bonds is 3. The van der Waals surface area contributed by atoms with Gasteiger partial charge in [-0.25, -0.2) is 4.79 Å². The Morgan fingerprint density at radius 2 is 1.61 bits per heavy atom. The van der Waals surface area contributed by atoms with Gasteiger partial charge in [0.15, 0.2) is 0 Å². The van der Waals surface area contributed by atoms with E-state index in [2.05, 4.69) is 29.2 Å². The molecule has 0 radical (unpaired) electrons. The molecular formula is C20H19NO2. The van der Waals surface area contributed by atoms with Gasteiger partial charge >= 0.3 is 5.63 Å². The second-order valence-electron chi connectivity index (χ2n) is 6.16. The fourth-order valence-corrected chi connectivity index (χ4v) is 3.35. The van der Waals surface area contributed by atoms with Gasteiger partial charge in [-0.05, 0) is 48.5 Å². The van der Waals surface area contributed by atoms with E-state index < -0.39 is 0 Å². The van der Waals surface area contributed by atoms with Crippen molar-refractivity contribution in [1.29, 1.82) is 0 Å². The molecule has 1 fully saturated rings. The maximum absolute atomic E-state index is 11.8. The summed E-state index contributed by atoms with van der Waals surface area (Å²) >= 11 is 0. The summed E-state index contributed by atoms with van der Waals surface area (Å²) < 4.78 is 5.20. The summed E-state index contributed by atoms with van der Waals surface area (Å²) in [6.45, 7) is 3.43. The Bertz CT molecular complexity index is 874. The van der Waals surface area contributed by atoms with E-state index in [1.165, 1.54) is 31.5 Å². The lowest BCUT2D eigenvalue weighted by Crippen LogP contribution is -2.18. The van der Waals surface area contributed by atoms with Crippen LogP contribution in [0.15, 0.2) is 64.0 Å². The minimum absolute atomic E-state index is 0.282. The third-order valence-corrected chi connectivity index (χ3v) is 4.59. The lowest BCUT2D eigenvalue weighted by molar-refractivity contribution is 0.331. The summed E-state index contributed by atoms with van der Waals surface area (Å²) in [6, 6.07) is 16.2. The molecule has 2 aromatic carbocycles. The van der Waals surface area contributed by atoms with Crippen molar-refractivity contribution in [1.82, 2.24) is 4.90 Å². The molecule has 0 atom stereocenters. The van der Waals surface area contributed by atoms with Gasteiger partial charge in [0.2, 0.25) is 0 Å². The quantitative estimate of drug-likeness (QED) is 0.732. The van der Waals surface area contributed by atoms with Crippen LogP contribution in [0.4, 0.5) is 0 Å². The first-order valence-corrected chi connectivity index (χ1v) is 8.13. The normalized spacial score (nSPS) is 15.3. The summed E-state index contributed by atoms with van der Waals surface area (Å²) in [4.78, 5) is 14.3. The Hall–Kier alpha value is -2.39. The molecule has 0 aliphatic carbocycles. The first-order chi connectivity index (χ1) is 11.3. The van der Waals surface area contributed by atoms with Crippen molar-refractivity contribution in [3.05, 3.63) is 70.8 Å². The second-order valence-corrected chi connectivity index (χ2v) is 6.16. The van der Waals surface area contributed by atoms with Gasteiger partial charge in [-0.1, -0.05) is 42.5 Å². The van der Waals surface area contributed by atoms with E-state index in [9.17, 15) is 4.79 Å². The van der Waals surface area contributed by atoms with Crippen LogP contribution in [-0.4, -0.2) is 18.0 Å². The van der Waals surface area contributed by atoms with Crippen LogP contribution in [-0.2, 0) is 6.54 Å². The van der Waals surface area contributed by atoms with Crippen LogP contribution in [0, 0.1) is 0 Å². The van der Waals surface area contributed by atoms with E-state index in [1.54, 1.807) is 6.26 Å². The van der Waals surface area contributed by atoms with Gasteiger partial charge in [-0.2, -0.15) is 0 Å². The van der Waals surface area contributed by atoms with Crippen LogP contribution in [0.2, 0.25) is 0 Å². The third kappa shape index (κ3) is 2.80. The second kappa shape index (κ2) is 6.01. The van der Waals surface area contributed by atoms with Gasteiger partial charge in [0.25, 0.3) is 0 Å². The van der Waals surface area contributed by atoms with E-state index in [0.717, 1.165) is 23.1 Å². The Balaban J connectivity index is 1.68. The fourth-order valence-electron chi connectivity index (χ4n) is 3.35. The molecule has 1 aliphatic heterocycles. The number of hydrogen-bond donors (Lipinski definition) is 0. The minimum Gasteiger partial charge on any atom is -0.430 e. The van der Waals surface area contributed by atoms with Crippen molar-refractivity contribution in [3.8, 4) is 11.1 Å². The zero-order valence-electron chi connectivity index (χ0n) is 13.0. The standard InChI is InChI=1S/C20H19NO2/c22-20-18-6-2-1-5-17(18)19(14-23-20)16-9-7-15(8-10-16)13-21-11-3-4-12-21/h1-2,5-10,14H,3-4,11-13H2. The molecule has 0 amide bonds. The van der Waals surface area contributed by atoms with Crippen molar-refractivity contribution < 1.29 is 4.42 Å². The molecule has 4 rings (SSSR count). The molecule has 0 unspecified atom stereocenters. The van der Waals surface area contributed by atoms with Crippen LogP contribution in [0.25, 0.3) is 21.9 Å². The summed E-state index contributed by atoms with van der Waals surface area (Å²) in [6.07, 6.45) is 4.19. The predicted octanol–water partition coefficient (Wildman–Crippen LogP) is 4.06. The molecule has 3 aromatic rings. The van der Waals surface area contributed by atoms with Gasteiger partial charge in [0.05, 0.1) is 5.39 Å². The Morgan fingerprint density at radius 3 is 2.35 bits per heavy atom. The SMILES string of the molecule is O=c1occ(-c2ccc(CN3CCCC3)cc2)c2ccccc12. The first-order valence-electron chi connectivity index (χ1n) is 8.13. The smallest absolute Gasteiger partial charge is 0.343 e. The molecule has 0 N–H and O–H groups in total. The van der Waals surface area contributed by atoms with Crippen LogP contribution in [0.1, 0.15) is 18.4 Å². The molecule has 1 aromatic heterocycles. The zero-order valence-corrected chi connectivity index (χ0v) is 13.0. The average molecular weight is 305 g/mol. The molecule has 0 saturated carbocycles. The molecule has 116 valence electrons. The monoisotopic (exact) mass is 305 g/mol. The topological polar surface area (TPSA) is 33.5 Å². The number of hydrogen-bond acceptors (Lipinski definition) is 3. The Morgan fingerprint density at radius 1 is 0.913 bits per heavy atom. The number of fused-ring (bicyclic) bond motifs is 1. The summed E-state index contributed by atoms with van der Waals surface area (Å²) in [5, 5.41) is 1.57. The van der Waals surface area contributed by atoms with Crippen LogP contribution >= 0.6 is 0 Å². The first kappa shape index (κ1) is 14.2. The van der Waals surface area contributed by atoms with E-state index in [4.69, 9.17) is 4.42 Å². The molecule has 3 nitrogen and oxygen atoms in total. The number of benzene rings is 2. The fraction of sp³-hybridized carbons (Fsp3) is 0.250. The molecule has 1 saturated heterocycles. The van der Waals surface area contributed by atoms with Crippen LogP contribution in [0.5, 0.6) is 0 Å². The average Bonchev–Trinajstić information content (AvgIpc) is 3.10. The van der Waals surface area contributed by atoms with Gasteiger partial charge in [-0.15, -0.1) is 0 Å². The molecule has 23 heavy (non-hydrogen) atoms. The van der Waals surface area contributed by atoms with E-state index >= 15 is 0 Å². The maximum atomic E-state index is 11.8. The van der Waals surface area contributed by atoms with Gasteiger partial charge in [0.1, 0.15) is 6.26 Å². The molecule has 0 bridgehead atoms. The Kier molecular flexibility index (Phi) is 3.72. The van der Waals surface area contributed by atoms with Crippen molar-refractivity contribution >= 4 is 10.8 Å². The highest BCUT2D eigenvalue weighted by Crippen LogP contribution is 2.27. The molecule has 3 heteroatoms. The molecule has 1 aliphatic rings. The lowest BCUT2D eigenvalue weighted by atomic mass is 10.0. The summed E-state index contributed by atoms with van der Waals surface area (Å²) in [7, 11) is 0. The highest BCUT2D eigenvalue weighted by Gasteiger charge is 2.12. The largest absolute Gasteiger partial charge is 0.430 e. The van der Waals surface area contributed by atoms with Crippen LogP contribution in [0.3, 0.4) is 0 Å². The van der Waals surface area contributed by atoms with Crippen molar-refractivity contribution in [2.75, 3.05) is 13.1 Å². The number of nitrogens with zero attached hydrogens (tertiary/aromatic N) is 1. The van der Waals surface area contributed by atoms with E-state index in [-0.39, 0.29) is 5.63 Å². The van der Waals surface area contributed by atoms with Crippen molar-refractivity contribution in [2.45, 2.75) is 19.4 Å². The van der Waals surface area contributed by atoms with Gasteiger partial charge < -0.3 is 4.42 Å². The van der Waals surface area contributed by atoms with Crippen molar-refractivity contribution in [3.63, 3.8) is 0 Å². The predicted molar refractivity (Wildman–Crippen MR) is 92.4 cm³/mol. The summed E-state index contributed by atoms with van der Waals surface area (Å²) in [5.41, 5.74) is 3.09. The van der Waals surface area contributed by atoms with Gasteiger partial charge in [-0.3, -0.25) is 4.90 Å². The van der Waals surface area contributed by atoms with E-state index in [0.29, 0.717) is 5.39 Å². The lowest BCUT2D eigenvalue weighted by Gasteiger charge is -2.14. The molecular weight excluding hydrogens is 286 g/mol. The van der Waals surface area contributed by atoms with Crippen molar-refractivity contribution in [2.24, 2.45) is 0 Å². The molecule has 0 spiro atoms. The number of likely N-dealkylation sites (tertiary alicyclic amines) is 1. The highest BCUT2D eigenvalue weighted by molar-refractivity contribution is 5.95. The minimum atomic E-state index is -0.282. The van der Waals surface area contributed by atoms with E-state index in [1.807, 2.05) is 24.3 Å². The Labute approximate surface area is 135 Å². The van der Waals surface area contributed by atoms with Crippen LogP contribution < -0.4 is 5.63 Å². The summed E-state index contributed by atoms with van der Waals surface area (Å²) in [5.74, 6) is 0. The highest BCUT2D eigenvalue weighted by atomic mass is 16.4. The maximum Gasteiger partial charge on any atom is 0.343 e.